The summed E-state index contributed by atoms with van der Waals surface area (Å²) in [6.07, 6.45) is 17.8. The van der Waals surface area contributed by atoms with E-state index in [-0.39, 0.29) is 5.92 Å². The van der Waals surface area contributed by atoms with E-state index < -0.39 is 0 Å². The van der Waals surface area contributed by atoms with Gasteiger partial charge in [0, 0.05) is 0 Å². The molecule has 0 radical (unpaired) electrons. The summed E-state index contributed by atoms with van der Waals surface area (Å²) >= 11 is 0. The highest BCUT2D eigenvalue weighted by atomic mass is 14.8. The number of rotatable bonds is 14. The Balaban J connectivity index is 4.59. The van der Waals surface area contributed by atoms with Gasteiger partial charge in [-0.25, -0.2) is 0 Å². The largest absolute Gasteiger partial charge is 0.320 e. The fourth-order valence-electron chi connectivity index (χ4n) is 3.02. The van der Waals surface area contributed by atoms with E-state index in [0.717, 1.165) is 30.9 Å². The van der Waals surface area contributed by atoms with Gasteiger partial charge in [0.15, 0.2) is 0 Å². The Morgan fingerprint density at radius 2 is 1.87 bits per heavy atom. The van der Waals surface area contributed by atoms with Gasteiger partial charge in [-0.3, -0.25) is 0 Å². The molecule has 0 aliphatic carbocycles. The minimum atomic E-state index is -0.0271. The van der Waals surface area contributed by atoms with Crippen molar-refractivity contribution in [2.75, 3.05) is 13.6 Å². The van der Waals surface area contributed by atoms with Crippen LogP contribution in [0.2, 0.25) is 0 Å². The molecule has 0 amide bonds. The first-order valence-electron chi connectivity index (χ1n) is 9.26. The first-order valence-corrected chi connectivity index (χ1v) is 9.26. The van der Waals surface area contributed by atoms with Crippen molar-refractivity contribution < 1.29 is 0 Å². The van der Waals surface area contributed by atoms with Crippen molar-refractivity contribution in [3.63, 3.8) is 0 Å². The third kappa shape index (κ3) is 10.9. The lowest BCUT2D eigenvalue weighted by atomic mass is 9.91. The number of hydrogen-bond donors (Lipinski definition) is 1. The smallest absolute Gasteiger partial charge is 0.0721 e. The van der Waals surface area contributed by atoms with Crippen molar-refractivity contribution in [3.8, 4) is 6.07 Å². The van der Waals surface area contributed by atoms with E-state index in [9.17, 15) is 5.26 Å². The normalized spacial score (nSPS) is 13.4. The van der Waals surface area contributed by atoms with Crippen molar-refractivity contribution in [3.05, 3.63) is 36.5 Å². The predicted octanol–water partition coefficient (Wildman–Crippen LogP) is 5.79. The molecule has 0 heterocycles. The molecule has 0 aromatic rings. The molecule has 1 unspecified atom stereocenters. The Hall–Kier alpha value is -1.33. The second kappa shape index (κ2) is 15.6. The molecule has 0 aliphatic rings. The van der Waals surface area contributed by atoms with Crippen LogP contribution in [0.4, 0.5) is 0 Å². The summed E-state index contributed by atoms with van der Waals surface area (Å²) in [5.41, 5.74) is 1.14. The van der Waals surface area contributed by atoms with Gasteiger partial charge in [0.2, 0.25) is 0 Å². The van der Waals surface area contributed by atoms with Gasteiger partial charge in [-0.15, -0.1) is 0 Å². The van der Waals surface area contributed by atoms with Crippen LogP contribution in [0, 0.1) is 23.2 Å². The van der Waals surface area contributed by atoms with Crippen LogP contribution in [0.1, 0.15) is 65.2 Å². The maximum atomic E-state index is 9.43. The van der Waals surface area contributed by atoms with Crippen LogP contribution in [-0.2, 0) is 0 Å². The lowest BCUT2D eigenvalue weighted by molar-refractivity contribution is 0.401. The van der Waals surface area contributed by atoms with Crippen molar-refractivity contribution >= 4 is 0 Å². The summed E-state index contributed by atoms with van der Waals surface area (Å²) in [4.78, 5) is 0. The van der Waals surface area contributed by atoms with E-state index in [2.05, 4.69) is 37.9 Å². The van der Waals surface area contributed by atoms with Gasteiger partial charge < -0.3 is 5.32 Å². The molecule has 0 rings (SSSR count). The number of nitrogens with one attached hydrogen (secondary N) is 1. The molecule has 0 aromatic heterocycles. The third-order valence-corrected chi connectivity index (χ3v) is 4.26. The Labute approximate surface area is 144 Å². The van der Waals surface area contributed by atoms with Crippen LogP contribution in [0.5, 0.6) is 0 Å². The lowest BCUT2D eigenvalue weighted by Crippen LogP contribution is -2.13. The van der Waals surface area contributed by atoms with E-state index in [1.165, 1.54) is 38.5 Å². The van der Waals surface area contributed by atoms with Gasteiger partial charge in [-0.1, -0.05) is 76.8 Å². The molecule has 0 aromatic carbocycles. The summed E-state index contributed by atoms with van der Waals surface area (Å²) in [6, 6.07) is 2.44. The maximum absolute atomic E-state index is 9.43. The molecule has 2 heteroatoms. The van der Waals surface area contributed by atoms with Gasteiger partial charge >= 0.3 is 0 Å². The van der Waals surface area contributed by atoms with Crippen LogP contribution in [0.3, 0.4) is 0 Å². The zero-order valence-electron chi connectivity index (χ0n) is 15.5. The van der Waals surface area contributed by atoms with Crippen LogP contribution in [0.15, 0.2) is 36.5 Å². The molecule has 0 aliphatic heterocycles. The quantitative estimate of drug-likeness (QED) is 0.325. The highest BCUT2D eigenvalue weighted by molar-refractivity contribution is 5.28. The van der Waals surface area contributed by atoms with Gasteiger partial charge in [-0.2, -0.15) is 5.26 Å². The van der Waals surface area contributed by atoms with Gasteiger partial charge in [0.05, 0.1) is 12.0 Å². The van der Waals surface area contributed by atoms with Crippen molar-refractivity contribution in [1.29, 1.82) is 5.26 Å². The Bertz CT molecular complexity index is 381. The zero-order valence-corrected chi connectivity index (χ0v) is 15.5. The average Bonchev–Trinajstić information content (AvgIpc) is 2.56. The van der Waals surface area contributed by atoms with E-state index >= 15 is 0 Å². The molecule has 1 atom stereocenters. The van der Waals surface area contributed by atoms with E-state index in [1.54, 1.807) is 6.08 Å². The van der Waals surface area contributed by atoms with Crippen molar-refractivity contribution in [1.82, 2.24) is 5.32 Å². The maximum Gasteiger partial charge on any atom is 0.0721 e. The van der Waals surface area contributed by atoms with Crippen LogP contribution >= 0.6 is 0 Å². The molecule has 0 fully saturated rings. The molecule has 0 spiro atoms. The summed E-state index contributed by atoms with van der Waals surface area (Å²) in [6.45, 7) is 9.15. The molecule has 0 saturated carbocycles. The van der Waals surface area contributed by atoms with Gasteiger partial charge in [0.25, 0.3) is 0 Å². The number of nitriles is 1. The Kier molecular flexibility index (Phi) is 14.7. The zero-order chi connectivity index (χ0) is 17.3. The van der Waals surface area contributed by atoms with Crippen LogP contribution < -0.4 is 5.32 Å². The third-order valence-electron chi connectivity index (χ3n) is 4.26. The van der Waals surface area contributed by atoms with Crippen molar-refractivity contribution in [2.24, 2.45) is 11.8 Å². The van der Waals surface area contributed by atoms with Gasteiger partial charge in [-0.05, 0) is 44.3 Å². The summed E-state index contributed by atoms with van der Waals surface area (Å²) in [5.74, 6) is 0.849. The highest BCUT2D eigenvalue weighted by Crippen LogP contribution is 2.22. The van der Waals surface area contributed by atoms with E-state index in [0.29, 0.717) is 0 Å². The second-order valence-corrected chi connectivity index (χ2v) is 6.25. The second-order valence-electron chi connectivity index (χ2n) is 6.25. The van der Waals surface area contributed by atoms with Gasteiger partial charge in [0.1, 0.15) is 0 Å². The summed E-state index contributed by atoms with van der Waals surface area (Å²) in [7, 11) is 1.93. The SMILES string of the molecule is C=C/C=C\C(=C/CCCC(CCC)CCC)C(C#N)CCNC. The topological polar surface area (TPSA) is 35.8 Å². The molecular weight excluding hydrogens is 280 g/mol. The minimum Gasteiger partial charge on any atom is -0.320 e. The number of allylic oxidation sites excluding steroid dienone is 5. The highest BCUT2D eigenvalue weighted by Gasteiger charge is 2.11. The summed E-state index contributed by atoms with van der Waals surface area (Å²) in [5, 5.41) is 12.6. The minimum absolute atomic E-state index is 0.0271. The monoisotopic (exact) mass is 316 g/mol. The molecule has 23 heavy (non-hydrogen) atoms. The fraction of sp³-hybridized carbons (Fsp3) is 0.667. The molecular formula is C21H36N2. The first kappa shape index (κ1) is 21.7. The first-order chi connectivity index (χ1) is 11.2. The molecule has 130 valence electrons. The fourth-order valence-corrected chi connectivity index (χ4v) is 3.02. The number of unbranched alkanes of at least 4 members (excludes halogenated alkanes) is 1. The predicted molar refractivity (Wildman–Crippen MR) is 102 cm³/mol. The molecule has 2 nitrogen and oxygen atoms in total. The molecule has 1 N–H and O–H groups in total. The van der Waals surface area contributed by atoms with Crippen LogP contribution in [0.25, 0.3) is 0 Å². The Morgan fingerprint density at radius 1 is 1.17 bits per heavy atom. The number of nitrogens with zero attached hydrogens (tertiary/aromatic N) is 1. The standard InChI is InChI=1S/C21H36N2/c1-5-8-14-20(21(18-22)16-17-23-4)15-10-9-13-19(11-6-2)12-7-3/h5,8,14-15,19,21,23H,1,6-7,9-13,16-17H2,2-4H3/b14-8-,20-15+. The molecule has 0 bridgehead atoms. The van der Waals surface area contributed by atoms with E-state index in [4.69, 9.17) is 0 Å². The van der Waals surface area contributed by atoms with Crippen molar-refractivity contribution in [2.45, 2.75) is 65.2 Å². The van der Waals surface area contributed by atoms with Crippen LogP contribution in [-0.4, -0.2) is 13.6 Å². The summed E-state index contributed by atoms with van der Waals surface area (Å²) < 4.78 is 0. The average molecular weight is 317 g/mol. The van der Waals surface area contributed by atoms with E-state index in [1.807, 2.05) is 19.2 Å². The molecule has 0 saturated heterocycles. The number of hydrogen-bond acceptors (Lipinski definition) is 2. The Morgan fingerprint density at radius 3 is 2.39 bits per heavy atom. The lowest BCUT2D eigenvalue weighted by Gasteiger charge is -2.15.